The van der Waals surface area contributed by atoms with Crippen LogP contribution in [0.2, 0.25) is 0 Å². The van der Waals surface area contributed by atoms with E-state index in [-0.39, 0.29) is 0 Å². The molecule has 0 bridgehead atoms. The number of rotatable bonds is 7. The predicted octanol–water partition coefficient (Wildman–Crippen LogP) is -1.69. The third-order valence-corrected chi connectivity index (χ3v) is 2.02. The lowest BCUT2D eigenvalue weighted by Crippen LogP contribution is -2.43. The van der Waals surface area contributed by atoms with E-state index < -0.39 is 48.2 Å². The van der Waals surface area contributed by atoms with Gasteiger partial charge in [0.1, 0.15) is 5.92 Å². The lowest BCUT2D eigenvalue weighted by atomic mass is 9.85. The van der Waals surface area contributed by atoms with Crippen LogP contribution in [0.4, 0.5) is 0 Å². The van der Waals surface area contributed by atoms with Gasteiger partial charge in [0.2, 0.25) is 0 Å². The van der Waals surface area contributed by atoms with Crippen molar-refractivity contribution in [2.24, 2.45) is 11.8 Å². The van der Waals surface area contributed by atoms with Crippen molar-refractivity contribution in [1.29, 1.82) is 0 Å². The molecule has 0 amide bonds. The Labute approximate surface area is 93.9 Å². The van der Waals surface area contributed by atoms with Crippen LogP contribution in [0.5, 0.6) is 0 Å². The molecule has 0 aromatic heterocycles. The van der Waals surface area contributed by atoms with Gasteiger partial charge in [0.25, 0.3) is 0 Å². The van der Waals surface area contributed by atoms with Crippen molar-refractivity contribution in [3.63, 3.8) is 0 Å². The van der Waals surface area contributed by atoms with Crippen molar-refractivity contribution >= 4 is 23.9 Å². The second-order valence-corrected chi connectivity index (χ2v) is 3.19. The maximum absolute atomic E-state index is 10.7. The second-order valence-electron chi connectivity index (χ2n) is 3.19. The van der Waals surface area contributed by atoms with Gasteiger partial charge in [-0.1, -0.05) is 0 Å². The Balaban J connectivity index is 5.23. The Morgan fingerprint density at radius 2 is 1.29 bits per heavy atom. The fourth-order valence-corrected chi connectivity index (χ4v) is 1.24. The summed E-state index contributed by atoms with van der Waals surface area (Å²) in [6, 6.07) is 0. The number of hydrogen-bond donors (Lipinski definition) is 5. The molecule has 0 rings (SSSR count). The fourth-order valence-electron chi connectivity index (χ4n) is 1.24. The molecule has 0 aromatic carbocycles. The number of aliphatic carboxylic acids is 4. The summed E-state index contributed by atoms with van der Waals surface area (Å²) in [5, 5.41) is 43.1. The average molecular weight is 250 g/mol. The molecule has 96 valence electrons. The molecule has 9 nitrogen and oxygen atoms in total. The maximum atomic E-state index is 10.7. The van der Waals surface area contributed by atoms with Gasteiger partial charge in [-0.3, -0.25) is 14.4 Å². The van der Waals surface area contributed by atoms with E-state index in [9.17, 15) is 19.2 Å². The molecule has 0 aromatic rings. The predicted molar refractivity (Wildman–Crippen MR) is 48.1 cm³/mol. The molecular weight excluding hydrogens is 240 g/mol. The van der Waals surface area contributed by atoms with Gasteiger partial charge in [-0.25, -0.2) is 4.79 Å². The van der Waals surface area contributed by atoms with Crippen LogP contribution < -0.4 is 0 Å². The number of carboxylic acid groups (broad SMARTS) is 4. The molecule has 0 saturated carbocycles. The molecule has 0 radical (unpaired) electrons. The topological polar surface area (TPSA) is 169 Å². The maximum Gasteiger partial charge on any atom is 0.333 e. The summed E-state index contributed by atoms with van der Waals surface area (Å²) in [5.74, 6) is -11.5. The molecule has 5 N–H and O–H groups in total. The highest BCUT2D eigenvalue weighted by Crippen LogP contribution is 2.21. The third-order valence-electron chi connectivity index (χ3n) is 2.02. The molecule has 0 heterocycles. The van der Waals surface area contributed by atoms with Crippen LogP contribution in [0.25, 0.3) is 0 Å². The number of aliphatic hydroxyl groups is 1. The van der Waals surface area contributed by atoms with Crippen LogP contribution >= 0.6 is 0 Å². The van der Waals surface area contributed by atoms with E-state index in [2.05, 4.69) is 0 Å². The quantitative estimate of drug-likeness (QED) is 0.353. The van der Waals surface area contributed by atoms with Crippen LogP contribution in [-0.2, 0) is 19.2 Å². The first kappa shape index (κ1) is 14.8. The molecule has 0 aliphatic carbocycles. The number of carbonyl (C=O) groups is 4. The standard InChI is InChI=1S/C8H10O9/c9-3(10)1-2(6(12)13)4(7(14)15)5(11)8(16)17/h2,4-5,11H,1H2,(H,9,10)(H,12,13)(H,14,15)(H,16,17). The minimum atomic E-state index is -2.49. The number of aliphatic hydroxyl groups excluding tert-OH is 1. The van der Waals surface area contributed by atoms with Crippen molar-refractivity contribution in [1.82, 2.24) is 0 Å². The van der Waals surface area contributed by atoms with Crippen LogP contribution in [-0.4, -0.2) is 55.5 Å². The van der Waals surface area contributed by atoms with E-state index in [1.807, 2.05) is 0 Å². The SMILES string of the molecule is O=C(O)CC(C(=O)O)C(C(=O)O)C(O)C(=O)O. The lowest BCUT2D eigenvalue weighted by Gasteiger charge is -2.21. The van der Waals surface area contributed by atoms with Gasteiger partial charge in [-0.05, 0) is 0 Å². The van der Waals surface area contributed by atoms with Crippen molar-refractivity contribution < 1.29 is 44.7 Å². The monoisotopic (exact) mass is 250 g/mol. The summed E-state index contributed by atoms with van der Waals surface area (Å²) < 4.78 is 0. The van der Waals surface area contributed by atoms with Crippen LogP contribution in [0.1, 0.15) is 6.42 Å². The second kappa shape index (κ2) is 5.80. The smallest absolute Gasteiger partial charge is 0.333 e. The minimum Gasteiger partial charge on any atom is -0.481 e. The fraction of sp³-hybridized carbons (Fsp3) is 0.500. The van der Waals surface area contributed by atoms with E-state index in [0.717, 1.165) is 0 Å². The first-order chi connectivity index (χ1) is 7.68. The van der Waals surface area contributed by atoms with Gasteiger partial charge in [0.15, 0.2) is 6.10 Å². The summed E-state index contributed by atoms with van der Waals surface area (Å²) in [4.78, 5) is 42.1. The summed E-state index contributed by atoms with van der Waals surface area (Å²) >= 11 is 0. The molecule has 0 spiro atoms. The Kier molecular flexibility index (Phi) is 5.06. The molecule has 0 aliphatic heterocycles. The molecule has 0 aliphatic rings. The van der Waals surface area contributed by atoms with Crippen LogP contribution in [0.3, 0.4) is 0 Å². The Morgan fingerprint density at radius 3 is 1.53 bits per heavy atom. The van der Waals surface area contributed by atoms with Gasteiger partial charge < -0.3 is 25.5 Å². The third kappa shape index (κ3) is 4.07. The van der Waals surface area contributed by atoms with E-state index in [0.29, 0.717) is 0 Å². The van der Waals surface area contributed by atoms with Crippen molar-refractivity contribution in [2.75, 3.05) is 0 Å². The van der Waals surface area contributed by atoms with Crippen molar-refractivity contribution in [3.8, 4) is 0 Å². The summed E-state index contributed by atoms with van der Waals surface area (Å²) in [7, 11) is 0. The molecule has 0 saturated heterocycles. The average Bonchev–Trinajstić information content (AvgIpc) is 2.14. The highest BCUT2D eigenvalue weighted by atomic mass is 16.4. The normalized spacial score (nSPS) is 15.6. The summed E-state index contributed by atoms with van der Waals surface area (Å²) in [6.07, 6.45) is -3.59. The first-order valence-corrected chi connectivity index (χ1v) is 4.26. The van der Waals surface area contributed by atoms with E-state index in [4.69, 9.17) is 25.5 Å². The van der Waals surface area contributed by atoms with Crippen LogP contribution in [0.15, 0.2) is 0 Å². The highest BCUT2D eigenvalue weighted by molar-refractivity contribution is 5.88. The van der Waals surface area contributed by atoms with E-state index >= 15 is 0 Å². The largest absolute Gasteiger partial charge is 0.481 e. The van der Waals surface area contributed by atoms with E-state index in [1.54, 1.807) is 0 Å². The molecule has 3 atom stereocenters. The van der Waals surface area contributed by atoms with Gasteiger partial charge >= 0.3 is 23.9 Å². The van der Waals surface area contributed by atoms with Crippen molar-refractivity contribution in [3.05, 3.63) is 0 Å². The summed E-state index contributed by atoms with van der Waals surface area (Å²) in [6.45, 7) is 0. The first-order valence-electron chi connectivity index (χ1n) is 4.26. The zero-order valence-corrected chi connectivity index (χ0v) is 8.31. The Morgan fingerprint density at radius 1 is 0.824 bits per heavy atom. The Bertz CT molecular complexity index is 347. The van der Waals surface area contributed by atoms with Gasteiger partial charge in [0.05, 0.1) is 12.3 Å². The van der Waals surface area contributed by atoms with E-state index in [1.165, 1.54) is 0 Å². The highest BCUT2D eigenvalue weighted by Gasteiger charge is 2.43. The minimum absolute atomic E-state index is 1.10. The van der Waals surface area contributed by atoms with Gasteiger partial charge in [-0.2, -0.15) is 0 Å². The summed E-state index contributed by atoms with van der Waals surface area (Å²) in [5.41, 5.74) is 0. The zero-order chi connectivity index (χ0) is 13.7. The number of hydrogen-bond acceptors (Lipinski definition) is 5. The lowest BCUT2D eigenvalue weighted by molar-refractivity contribution is -0.169. The van der Waals surface area contributed by atoms with Gasteiger partial charge in [-0.15, -0.1) is 0 Å². The zero-order valence-electron chi connectivity index (χ0n) is 8.31. The van der Waals surface area contributed by atoms with Gasteiger partial charge in [0, 0.05) is 0 Å². The Hall–Kier alpha value is -2.16. The molecule has 17 heavy (non-hydrogen) atoms. The molecule has 9 heteroatoms. The molecule has 3 unspecified atom stereocenters. The van der Waals surface area contributed by atoms with Crippen molar-refractivity contribution in [2.45, 2.75) is 12.5 Å². The van der Waals surface area contributed by atoms with Crippen LogP contribution in [0, 0.1) is 11.8 Å². The number of carboxylic acids is 4. The molecule has 0 fully saturated rings. The molecular formula is C8H10O9.